The molecule has 6 aromatic carbocycles. The summed E-state index contributed by atoms with van der Waals surface area (Å²) in [5.74, 6) is 0. The van der Waals surface area contributed by atoms with Crippen molar-refractivity contribution >= 4 is 21.7 Å². The summed E-state index contributed by atoms with van der Waals surface area (Å²) in [6, 6.07) is 52.9. The molecule has 2 spiro atoms. The topological polar surface area (TPSA) is 7.76 Å². The second-order valence-electron chi connectivity index (χ2n) is 13.8. The first-order valence-corrected chi connectivity index (χ1v) is 16.6. The Balaban J connectivity index is 1.36. The lowest BCUT2D eigenvalue weighted by Crippen LogP contribution is -2.73. The van der Waals surface area contributed by atoms with Gasteiger partial charge >= 0.3 is 5.66 Å². The quantitative estimate of drug-likeness (QED) is 0.132. The largest absolute Gasteiger partial charge is 0.418 e. The fourth-order valence-electron chi connectivity index (χ4n) is 10.2. The van der Waals surface area contributed by atoms with Crippen molar-refractivity contribution in [2.24, 2.45) is 0 Å². The molecule has 12 rings (SSSR count). The first-order valence-electron chi connectivity index (χ1n) is 16.6. The van der Waals surface area contributed by atoms with E-state index in [9.17, 15) is 0 Å². The maximum Gasteiger partial charge on any atom is 0.418 e. The minimum Gasteiger partial charge on any atom is -0.125 e. The van der Waals surface area contributed by atoms with Crippen LogP contribution < -0.4 is 9.13 Å². The predicted octanol–water partition coefficient (Wildman–Crippen LogP) is 8.81. The number of fused-ring (bicyclic) bond motifs is 9. The van der Waals surface area contributed by atoms with Gasteiger partial charge in [0.25, 0.3) is 0 Å². The van der Waals surface area contributed by atoms with E-state index in [0.29, 0.717) is 0 Å². The molecule has 0 radical (unpaired) electrons. The van der Waals surface area contributed by atoms with Crippen molar-refractivity contribution < 1.29 is 9.13 Å². The number of rotatable bonds is 1. The highest BCUT2D eigenvalue weighted by atomic mass is 15.3. The normalized spacial score (nSPS) is 17.7. The summed E-state index contributed by atoms with van der Waals surface area (Å²) in [5.41, 5.74) is 17.8. The van der Waals surface area contributed by atoms with Crippen molar-refractivity contribution in [3.8, 4) is 33.5 Å². The molecule has 0 bridgehead atoms. The van der Waals surface area contributed by atoms with Crippen LogP contribution in [-0.4, -0.2) is 0 Å². The molecule has 2 aliphatic heterocycles. The Morgan fingerprint density at radius 1 is 0.468 bits per heavy atom. The second kappa shape index (κ2) is 7.92. The van der Waals surface area contributed by atoms with Crippen LogP contribution in [0.25, 0.3) is 55.2 Å². The monoisotopic (exact) mass is 596 g/mol. The van der Waals surface area contributed by atoms with Gasteiger partial charge in [0.1, 0.15) is 11.1 Å². The molecule has 2 aliphatic carbocycles. The van der Waals surface area contributed by atoms with Crippen LogP contribution in [0, 0.1) is 6.92 Å². The standard InChI is InChI=1S/C45H28N2/c1-27-24-34-39-26-31(28-10-3-2-4-11-28)21-23-46(39)45-41(34)38(25-27)44(35-15-7-5-13-32(35)33-14-6-8-16-36(33)44)37-20-19-29-17-18-30-12-9-22-47(45)43(30)40(29)42(37)45/h2-26H,1H3/q+2. The molecule has 4 heterocycles. The van der Waals surface area contributed by atoms with Crippen molar-refractivity contribution in [1.29, 1.82) is 0 Å². The third-order valence-electron chi connectivity index (χ3n) is 11.7. The van der Waals surface area contributed by atoms with Gasteiger partial charge in [-0.05, 0) is 80.6 Å². The van der Waals surface area contributed by atoms with E-state index < -0.39 is 11.1 Å². The average molecular weight is 597 g/mol. The Morgan fingerprint density at radius 3 is 2.00 bits per heavy atom. The van der Waals surface area contributed by atoms with Gasteiger partial charge in [-0.15, -0.1) is 9.13 Å². The summed E-state index contributed by atoms with van der Waals surface area (Å²) in [6.07, 6.45) is 4.70. The van der Waals surface area contributed by atoms with Gasteiger partial charge in [0.05, 0.1) is 16.4 Å². The lowest BCUT2D eigenvalue weighted by molar-refractivity contribution is -0.950. The second-order valence-corrected chi connectivity index (χ2v) is 13.8. The molecule has 2 heteroatoms. The highest BCUT2D eigenvalue weighted by Crippen LogP contribution is 2.65. The molecule has 0 fully saturated rings. The fourth-order valence-corrected chi connectivity index (χ4v) is 10.2. The molecule has 8 aromatic rings. The number of aryl methyl sites for hydroxylation is 1. The number of hydrogen-bond donors (Lipinski definition) is 0. The fraction of sp³-hybridized carbons (Fsp3) is 0.0667. The number of hydrogen-bond acceptors (Lipinski definition) is 0. The Hall–Kier alpha value is -5.86. The van der Waals surface area contributed by atoms with E-state index >= 15 is 0 Å². The van der Waals surface area contributed by atoms with Gasteiger partial charge < -0.3 is 0 Å². The number of nitrogens with zero attached hydrogens (tertiary/aromatic N) is 2. The molecular formula is C45H28N2+2. The van der Waals surface area contributed by atoms with Gasteiger partial charge in [-0.2, -0.15) is 0 Å². The van der Waals surface area contributed by atoms with Crippen molar-refractivity contribution in [3.05, 3.63) is 191 Å². The van der Waals surface area contributed by atoms with Gasteiger partial charge in [0, 0.05) is 23.6 Å². The maximum atomic E-state index is 2.61. The van der Waals surface area contributed by atoms with E-state index in [4.69, 9.17) is 0 Å². The van der Waals surface area contributed by atoms with E-state index in [2.05, 4.69) is 168 Å². The molecule has 1 atom stereocenters. The molecule has 1 unspecified atom stereocenters. The zero-order chi connectivity index (χ0) is 30.6. The highest BCUT2D eigenvalue weighted by molar-refractivity contribution is 6.09. The Bertz CT molecular complexity index is 2710. The van der Waals surface area contributed by atoms with Gasteiger partial charge in [-0.1, -0.05) is 103 Å². The van der Waals surface area contributed by atoms with Crippen molar-refractivity contribution in [2.75, 3.05) is 0 Å². The Labute approximate surface area is 272 Å². The Kier molecular flexibility index (Phi) is 4.11. The lowest BCUT2D eigenvalue weighted by atomic mass is 9.58. The molecule has 0 amide bonds. The van der Waals surface area contributed by atoms with Crippen LogP contribution in [-0.2, 0) is 11.1 Å². The zero-order valence-electron chi connectivity index (χ0n) is 25.8. The van der Waals surface area contributed by atoms with Crippen LogP contribution in [0.1, 0.15) is 38.9 Å². The lowest BCUT2D eigenvalue weighted by Gasteiger charge is -2.41. The third-order valence-corrected chi connectivity index (χ3v) is 11.7. The number of pyridine rings is 2. The van der Waals surface area contributed by atoms with Crippen molar-refractivity contribution in [1.82, 2.24) is 0 Å². The summed E-state index contributed by atoms with van der Waals surface area (Å²) in [5, 5.41) is 3.96. The predicted molar refractivity (Wildman–Crippen MR) is 186 cm³/mol. The summed E-state index contributed by atoms with van der Waals surface area (Å²) in [7, 11) is 0. The minimum absolute atomic E-state index is 0.439. The molecule has 0 saturated heterocycles. The molecule has 0 saturated carbocycles. The van der Waals surface area contributed by atoms with Crippen LogP contribution in [0.15, 0.2) is 152 Å². The summed E-state index contributed by atoms with van der Waals surface area (Å²) >= 11 is 0. The smallest absolute Gasteiger partial charge is 0.125 e. The molecule has 0 N–H and O–H groups in total. The van der Waals surface area contributed by atoms with Crippen LogP contribution in [0.5, 0.6) is 0 Å². The molecule has 2 nitrogen and oxygen atoms in total. The van der Waals surface area contributed by atoms with Gasteiger partial charge in [0.2, 0.25) is 11.2 Å². The van der Waals surface area contributed by atoms with E-state index in [1.165, 1.54) is 94.1 Å². The summed E-state index contributed by atoms with van der Waals surface area (Å²) in [4.78, 5) is 0. The average Bonchev–Trinajstić information content (AvgIpc) is 3.71. The molecule has 216 valence electrons. The van der Waals surface area contributed by atoms with E-state index in [1.807, 2.05) is 0 Å². The van der Waals surface area contributed by atoms with Crippen LogP contribution in [0.2, 0.25) is 0 Å². The van der Waals surface area contributed by atoms with Gasteiger partial charge in [-0.25, -0.2) is 0 Å². The maximum absolute atomic E-state index is 2.61. The summed E-state index contributed by atoms with van der Waals surface area (Å²) < 4.78 is 5.21. The minimum atomic E-state index is -0.543. The molecule has 4 aliphatic rings. The molecular weight excluding hydrogens is 569 g/mol. The number of benzene rings is 6. The molecule has 2 aromatic heterocycles. The van der Waals surface area contributed by atoms with Crippen LogP contribution in [0.4, 0.5) is 0 Å². The van der Waals surface area contributed by atoms with E-state index in [0.717, 1.165) is 0 Å². The van der Waals surface area contributed by atoms with Crippen molar-refractivity contribution in [2.45, 2.75) is 18.0 Å². The summed E-state index contributed by atoms with van der Waals surface area (Å²) in [6.45, 7) is 2.28. The zero-order valence-corrected chi connectivity index (χ0v) is 25.8. The van der Waals surface area contributed by atoms with Gasteiger partial charge in [0.15, 0.2) is 12.4 Å². The molecule has 47 heavy (non-hydrogen) atoms. The van der Waals surface area contributed by atoms with Crippen molar-refractivity contribution in [3.63, 3.8) is 0 Å². The van der Waals surface area contributed by atoms with Gasteiger partial charge in [-0.3, -0.25) is 0 Å². The van der Waals surface area contributed by atoms with Crippen LogP contribution in [0.3, 0.4) is 0 Å². The SMILES string of the molecule is Cc1cc2c3c(c1)C1(c4ccccc4-c4ccccc41)c1ccc4ccc5ccc[n+]6c5c4c1C36[n+]1ccc(-c3ccccc3)cc1-2. The number of aromatic nitrogens is 2. The van der Waals surface area contributed by atoms with Crippen LogP contribution >= 0.6 is 0 Å². The third kappa shape index (κ3) is 2.49. The Morgan fingerprint density at radius 2 is 1.19 bits per heavy atom. The first kappa shape index (κ1) is 24.4. The van der Waals surface area contributed by atoms with E-state index in [-0.39, 0.29) is 0 Å². The first-order chi connectivity index (χ1) is 23.2. The van der Waals surface area contributed by atoms with E-state index in [1.54, 1.807) is 0 Å². The highest BCUT2D eigenvalue weighted by Gasteiger charge is 2.73.